The molecular weight excluding hydrogens is 373 g/mol. The van der Waals surface area contributed by atoms with Crippen LogP contribution in [0.1, 0.15) is 29.3 Å². The first-order valence-electron chi connectivity index (χ1n) is 8.54. The summed E-state index contributed by atoms with van der Waals surface area (Å²) in [7, 11) is 0. The Morgan fingerprint density at radius 1 is 1.11 bits per heavy atom. The zero-order valence-electron chi connectivity index (χ0n) is 14.9. The van der Waals surface area contributed by atoms with E-state index in [0.29, 0.717) is 11.3 Å². The van der Waals surface area contributed by atoms with Crippen molar-refractivity contribution in [3.63, 3.8) is 0 Å². The van der Waals surface area contributed by atoms with Crippen LogP contribution in [0.15, 0.2) is 48.5 Å². The molecule has 2 aromatic carbocycles. The van der Waals surface area contributed by atoms with Crippen molar-refractivity contribution in [2.24, 2.45) is 5.92 Å². The zero-order valence-corrected chi connectivity index (χ0v) is 14.9. The number of alkyl halides is 3. The van der Waals surface area contributed by atoms with Crippen LogP contribution in [0.4, 0.5) is 24.5 Å². The number of hydrogen-bond acceptors (Lipinski definition) is 3. The molecule has 1 N–H and O–H groups in total. The quantitative estimate of drug-likeness (QED) is 0.806. The Morgan fingerprint density at radius 2 is 1.82 bits per heavy atom. The van der Waals surface area contributed by atoms with Gasteiger partial charge in [-0.15, -0.1) is 0 Å². The summed E-state index contributed by atoms with van der Waals surface area (Å²) in [6.45, 7) is 1.50. The number of hydrogen-bond donors (Lipinski definition) is 1. The Hall–Kier alpha value is -3.16. The molecule has 5 nitrogen and oxygen atoms in total. The lowest BCUT2D eigenvalue weighted by molar-refractivity contribution is -0.137. The van der Waals surface area contributed by atoms with Gasteiger partial charge in [-0.25, -0.2) is 0 Å². The van der Waals surface area contributed by atoms with Crippen molar-refractivity contribution in [1.29, 1.82) is 0 Å². The van der Waals surface area contributed by atoms with Gasteiger partial charge < -0.3 is 10.2 Å². The summed E-state index contributed by atoms with van der Waals surface area (Å²) < 4.78 is 38.4. The molecule has 1 fully saturated rings. The van der Waals surface area contributed by atoms with Gasteiger partial charge in [0.2, 0.25) is 11.8 Å². The summed E-state index contributed by atoms with van der Waals surface area (Å²) in [6, 6.07) is 10.8. The lowest BCUT2D eigenvalue weighted by Crippen LogP contribution is -2.28. The molecule has 28 heavy (non-hydrogen) atoms. The molecule has 1 unspecified atom stereocenters. The number of benzene rings is 2. The molecule has 0 spiro atoms. The second-order valence-corrected chi connectivity index (χ2v) is 6.58. The fourth-order valence-corrected chi connectivity index (χ4v) is 3.04. The molecule has 0 saturated carbocycles. The average molecular weight is 390 g/mol. The van der Waals surface area contributed by atoms with Crippen molar-refractivity contribution in [3.05, 3.63) is 59.7 Å². The van der Waals surface area contributed by atoms with E-state index in [-0.39, 0.29) is 30.3 Å². The largest absolute Gasteiger partial charge is 0.416 e. The topological polar surface area (TPSA) is 66.5 Å². The second kappa shape index (κ2) is 7.46. The highest BCUT2D eigenvalue weighted by atomic mass is 19.4. The predicted molar refractivity (Wildman–Crippen MR) is 97.0 cm³/mol. The third kappa shape index (κ3) is 4.21. The molecule has 2 amide bonds. The lowest BCUT2D eigenvalue weighted by Gasteiger charge is -2.17. The minimum atomic E-state index is -4.51. The van der Waals surface area contributed by atoms with Gasteiger partial charge in [-0.3, -0.25) is 14.4 Å². The first-order chi connectivity index (χ1) is 13.1. The molecule has 1 aliphatic rings. The number of anilines is 2. The van der Waals surface area contributed by atoms with Crippen LogP contribution >= 0.6 is 0 Å². The van der Waals surface area contributed by atoms with E-state index in [0.717, 1.165) is 12.1 Å². The van der Waals surface area contributed by atoms with Gasteiger partial charge in [0.1, 0.15) is 0 Å². The lowest BCUT2D eigenvalue weighted by atomic mass is 10.1. The van der Waals surface area contributed by atoms with E-state index in [2.05, 4.69) is 5.32 Å². The van der Waals surface area contributed by atoms with Crippen LogP contribution in [0.25, 0.3) is 0 Å². The monoisotopic (exact) mass is 390 g/mol. The van der Waals surface area contributed by atoms with Gasteiger partial charge in [0.05, 0.1) is 11.5 Å². The van der Waals surface area contributed by atoms with Crippen LogP contribution in [-0.2, 0) is 15.8 Å². The van der Waals surface area contributed by atoms with Crippen molar-refractivity contribution in [2.75, 3.05) is 16.8 Å². The number of nitrogens with one attached hydrogen (secondary N) is 1. The van der Waals surface area contributed by atoms with Crippen molar-refractivity contribution in [1.82, 2.24) is 0 Å². The maximum atomic E-state index is 12.8. The maximum absolute atomic E-state index is 12.8. The fourth-order valence-electron chi connectivity index (χ4n) is 3.04. The van der Waals surface area contributed by atoms with Crippen LogP contribution < -0.4 is 10.2 Å². The molecule has 0 aliphatic carbocycles. The van der Waals surface area contributed by atoms with Crippen molar-refractivity contribution in [2.45, 2.75) is 19.5 Å². The third-order valence-corrected chi connectivity index (χ3v) is 4.52. The van der Waals surface area contributed by atoms with E-state index in [9.17, 15) is 27.6 Å². The van der Waals surface area contributed by atoms with E-state index in [1.165, 1.54) is 24.0 Å². The maximum Gasteiger partial charge on any atom is 0.416 e. The van der Waals surface area contributed by atoms with E-state index in [4.69, 9.17) is 0 Å². The summed E-state index contributed by atoms with van der Waals surface area (Å²) in [4.78, 5) is 37.7. The molecule has 0 radical (unpaired) electrons. The van der Waals surface area contributed by atoms with E-state index in [1.807, 2.05) is 0 Å². The minimum Gasteiger partial charge on any atom is -0.326 e. The summed E-state index contributed by atoms with van der Waals surface area (Å²) in [5, 5.41) is 2.45. The Bertz CT molecular complexity index is 940. The number of rotatable bonds is 4. The van der Waals surface area contributed by atoms with E-state index in [1.54, 1.807) is 24.3 Å². The van der Waals surface area contributed by atoms with Gasteiger partial charge in [-0.1, -0.05) is 18.2 Å². The van der Waals surface area contributed by atoms with Crippen LogP contribution in [0.2, 0.25) is 0 Å². The highest BCUT2D eigenvalue weighted by molar-refractivity contribution is 6.04. The molecular formula is C20H17F3N2O3. The number of halogens is 3. The number of nitrogens with zero attached hydrogens (tertiary/aromatic N) is 1. The molecule has 8 heteroatoms. The second-order valence-electron chi connectivity index (χ2n) is 6.58. The summed E-state index contributed by atoms with van der Waals surface area (Å²) >= 11 is 0. The fraction of sp³-hybridized carbons (Fsp3) is 0.250. The molecule has 146 valence electrons. The Labute approximate surface area is 159 Å². The molecule has 1 heterocycles. The molecule has 1 saturated heterocycles. The first kappa shape index (κ1) is 19.6. The summed E-state index contributed by atoms with van der Waals surface area (Å²) in [5.74, 6) is -1.67. The standard InChI is InChI=1S/C20H17F3N2O3/c1-12(26)13-4-2-7-17(8-13)25-11-14(9-18(25)27)19(28)24-16-6-3-5-15(10-16)20(21,22)23/h2-8,10,14H,9,11H2,1H3,(H,24,28). The van der Waals surface area contributed by atoms with Gasteiger partial charge in [0, 0.05) is 29.9 Å². The smallest absolute Gasteiger partial charge is 0.326 e. The number of ketones is 1. The Balaban J connectivity index is 1.72. The van der Waals surface area contributed by atoms with Gasteiger partial charge in [0.15, 0.2) is 5.78 Å². The molecule has 1 atom stereocenters. The van der Waals surface area contributed by atoms with E-state index < -0.39 is 23.6 Å². The van der Waals surface area contributed by atoms with Crippen molar-refractivity contribution >= 4 is 29.0 Å². The van der Waals surface area contributed by atoms with Crippen molar-refractivity contribution < 1.29 is 27.6 Å². The minimum absolute atomic E-state index is 0.0179. The van der Waals surface area contributed by atoms with E-state index >= 15 is 0 Å². The van der Waals surface area contributed by atoms with Crippen molar-refractivity contribution in [3.8, 4) is 0 Å². The van der Waals surface area contributed by atoms with Gasteiger partial charge in [0.25, 0.3) is 0 Å². The highest BCUT2D eigenvalue weighted by Gasteiger charge is 2.36. The predicted octanol–water partition coefficient (Wildman–Crippen LogP) is 3.90. The Morgan fingerprint density at radius 3 is 2.50 bits per heavy atom. The molecule has 1 aliphatic heterocycles. The number of amides is 2. The third-order valence-electron chi connectivity index (χ3n) is 4.52. The molecule has 2 aromatic rings. The molecule has 0 aromatic heterocycles. The Kier molecular flexibility index (Phi) is 5.22. The summed E-state index contributed by atoms with van der Waals surface area (Å²) in [5.41, 5.74) is 0.106. The van der Waals surface area contributed by atoms with Crippen LogP contribution in [0, 0.1) is 5.92 Å². The highest BCUT2D eigenvalue weighted by Crippen LogP contribution is 2.31. The first-order valence-corrected chi connectivity index (χ1v) is 8.54. The normalized spacial score (nSPS) is 16.9. The van der Waals surface area contributed by atoms with Gasteiger partial charge in [-0.2, -0.15) is 13.2 Å². The van der Waals surface area contributed by atoms with Crippen LogP contribution in [0.5, 0.6) is 0 Å². The van der Waals surface area contributed by atoms with Crippen LogP contribution in [-0.4, -0.2) is 24.1 Å². The SMILES string of the molecule is CC(=O)c1cccc(N2CC(C(=O)Nc3cccc(C(F)(F)F)c3)CC2=O)c1. The van der Waals surface area contributed by atoms with Gasteiger partial charge >= 0.3 is 6.18 Å². The zero-order chi connectivity index (χ0) is 20.5. The number of carbonyl (C=O) groups is 3. The average Bonchev–Trinajstić information content (AvgIpc) is 3.03. The number of carbonyl (C=O) groups excluding carboxylic acids is 3. The summed E-state index contributed by atoms with van der Waals surface area (Å²) in [6.07, 6.45) is -4.57. The molecule has 0 bridgehead atoms. The number of Topliss-reactive ketones (excluding diaryl/α,β-unsaturated/α-hetero) is 1. The molecule has 3 rings (SSSR count). The van der Waals surface area contributed by atoms with Gasteiger partial charge in [-0.05, 0) is 37.3 Å². The van der Waals surface area contributed by atoms with Crippen LogP contribution in [0.3, 0.4) is 0 Å².